The fourth-order valence-electron chi connectivity index (χ4n) is 2.88. The van der Waals surface area contributed by atoms with Crippen LogP contribution in [0.15, 0.2) is 47.4 Å². The molecule has 1 aliphatic heterocycles. The summed E-state index contributed by atoms with van der Waals surface area (Å²) in [6, 6.07) is 14.5. The van der Waals surface area contributed by atoms with Gasteiger partial charge in [0, 0.05) is 17.1 Å². The van der Waals surface area contributed by atoms with Gasteiger partial charge in [-0.2, -0.15) is 0 Å². The Morgan fingerprint density at radius 2 is 2.04 bits per heavy atom. The molecule has 0 spiro atoms. The monoisotopic (exact) mass is 326 g/mol. The lowest BCUT2D eigenvalue weighted by atomic mass is 10.1. The highest BCUT2D eigenvalue weighted by atomic mass is 32.2. The third-order valence-electron chi connectivity index (χ3n) is 4.03. The average Bonchev–Trinajstić information content (AvgIpc) is 2.73. The number of hydrogen-bond donors (Lipinski definition) is 1. The third kappa shape index (κ3) is 3.88. The molecule has 0 saturated heterocycles. The molecule has 1 heterocycles. The zero-order valence-corrected chi connectivity index (χ0v) is 14.5. The molecule has 1 amide bonds. The Kier molecular flexibility index (Phi) is 4.91. The summed E-state index contributed by atoms with van der Waals surface area (Å²) in [4.78, 5) is 15.9. The number of para-hydroxylation sites is 1. The molecule has 3 nitrogen and oxygen atoms in total. The molecule has 0 atom stereocenters. The highest BCUT2D eigenvalue weighted by Gasteiger charge is 2.18. The van der Waals surface area contributed by atoms with E-state index in [-0.39, 0.29) is 5.91 Å². The van der Waals surface area contributed by atoms with Crippen LogP contribution in [0.5, 0.6) is 0 Å². The first-order valence-electron chi connectivity index (χ1n) is 7.97. The van der Waals surface area contributed by atoms with Crippen LogP contribution in [0, 0.1) is 13.8 Å². The molecule has 0 aromatic heterocycles. The molecule has 3 rings (SSSR count). The minimum absolute atomic E-state index is 0.0404. The first-order valence-corrected chi connectivity index (χ1v) is 8.96. The van der Waals surface area contributed by atoms with E-state index in [1.54, 1.807) is 0 Å². The molecular weight excluding hydrogens is 304 g/mol. The maximum atomic E-state index is 12.5. The van der Waals surface area contributed by atoms with E-state index in [4.69, 9.17) is 0 Å². The van der Waals surface area contributed by atoms with Crippen LogP contribution in [0.3, 0.4) is 0 Å². The Balaban J connectivity index is 1.72. The number of carbonyl (C=O) groups is 1. The first kappa shape index (κ1) is 15.9. The Morgan fingerprint density at radius 1 is 1.22 bits per heavy atom. The van der Waals surface area contributed by atoms with Gasteiger partial charge in [-0.25, -0.2) is 0 Å². The van der Waals surface area contributed by atoms with Crippen LogP contribution in [0.25, 0.3) is 0 Å². The number of fused-ring (bicyclic) bond motifs is 1. The summed E-state index contributed by atoms with van der Waals surface area (Å²) >= 11 is 1.88. The lowest BCUT2D eigenvalue weighted by molar-refractivity contribution is -0.115. The van der Waals surface area contributed by atoms with Crippen molar-refractivity contribution in [3.05, 3.63) is 53.6 Å². The van der Waals surface area contributed by atoms with Crippen molar-refractivity contribution in [1.29, 1.82) is 0 Å². The minimum atomic E-state index is 0.0404. The van der Waals surface area contributed by atoms with Gasteiger partial charge in [0.25, 0.3) is 0 Å². The predicted octanol–water partition coefficient (Wildman–Crippen LogP) is 4.24. The maximum absolute atomic E-state index is 12.5. The number of rotatable bonds is 3. The van der Waals surface area contributed by atoms with Gasteiger partial charge in [0.1, 0.15) is 0 Å². The Bertz CT molecular complexity index is 714. The van der Waals surface area contributed by atoms with E-state index in [1.807, 2.05) is 36.9 Å². The quantitative estimate of drug-likeness (QED) is 0.915. The average molecular weight is 326 g/mol. The van der Waals surface area contributed by atoms with E-state index < -0.39 is 0 Å². The zero-order chi connectivity index (χ0) is 16.2. The lowest BCUT2D eigenvalue weighted by Gasteiger charge is -2.24. The standard InChI is InChI=1S/C19H22N2OS/c1-14-8-9-16(15(2)12-14)20-19(22)13-21-10-5-11-23-18-7-4-3-6-17(18)21/h3-4,6-9,12H,5,10-11,13H2,1-2H3,(H,20,22). The van der Waals surface area contributed by atoms with Crippen molar-refractivity contribution < 1.29 is 4.79 Å². The molecular formula is C19H22N2OS. The van der Waals surface area contributed by atoms with E-state index in [1.165, 1.54) is 16.1 Å². The summed E-state index contributed by atoms with van der Waals surface area (Å²) < 4.78 is 0. The number of amides is 1. The van der Waals surface area contributed by atoms with Gasteiger partial charge < -0.3 is 10.2 Å². The molecule has 0 unspecified atom stereocenters. The van der Waals surface area contributed by atoms with Gasteiger partial charge in [-0.3, -0.25) is 4.79 Å². The largest absolute Gasteiger partial charge is 0.361 e. The predicted molar refractivity (Wildman–Crippen MR) is 98.5 cm³/mol. The van der Waals surface area contributed by atoms with Crippen LogP contribution in [-0.2, 0) is 4.79 Å². The number of nitrogens with one attached hydrogen (secondary N) is 1. The summed E-state index contributed by atoms with van der Waals surface area (Å²) in [5.74, 6) is 1.14. The van der Waals surface area contributed by atoms with E-state index in [2.05, 4.69) is 41.4 Å². The second-order valence-electron chi connectivity index (χ2n) is 5.96. The highest BCUT2D eigenvalue weighted by molar-refractivity contribution is 7.99. The number of thioether (sulfide) groups is 1. The molecule has 0 bridgehead atoms. The number of carbonyl (C=O) groups excluding carboxylic acids is 1. The Morgan fingerprint density at radius 3 is 2.87 bits per heavy atom. The van der Waals surface area contributed by atoms with Crippen molar-refractivity contribution in [3.63, 3.8) is 0 Å². The molecule has 0 aliphatic carbocycles. The molecule has 120 valence electrons. The zero-order valence-electron chi connectivity index (χ0n) is 13.6. The maximum Gasteiger partial charge on any atom is 0.243 e. The number of anilines is 2. The van der Waals surface area contributed by atoms with Gasteiger partial charge in [0.05, 0.1) is 12.2 Å². The molecule has 1 N–H and O–H groups in total. The van der Waals surface area contributed by atoms with Crippen molar-refractivity contribution >= 4 is 29.0 Å². The number of nitrogens with zero attached hydrogens (tertiary/aromatic N) is 1. The number of hydrogen-bond acceptors (Lipinski definition) is 3. The van der Waals surface area contributed by atoms with E-state index >= 15 is 0 Å². The molecule has 1 aliphatic rings. The van der Waals surface area contributed by atoms with E-state index in [0.717, 1.165) is 30.0 Å². The Labute approximate surface area is 142 Å². The van der Waals surface area contributed by atoms with E-state index in [9.17, 15) is 4.79 Å². The van der Waals surface area contributed by atoms with Crippen molar-refractivity contribution in [1.82, 2.24) is 0 Å². The van der Waals surface area contributed by atoms with Crippen molar-refractivity contribution in [2.24, 2.45) is 0 Å². The van der Waals surface area contributed by atoms with Gasteiger partial charge in [-0.05, 0) is 49.8 Å². The summed E-state index contributed by atoms with van der Waals surface area (Å²) in [5, 5.41) is 3.05. The van der Waals surface area contributed by atoms with Gasteiger partial charge in [-0.1, -0.05) is 29.8 Å². The van der Waals surface area contributed by atoms with Crippen molar-refractivity contribution in [3.8, 4) is 0 Å². The fraction of sp³-hybridized carbons (Fsp3) is 0.316. The number of benzene rings is 2. The van der Waals surface area contributed by atoms with E-state index in [0.29, 0.717) is 6.54 Å². The summed E-state index contributed by atoms with van der Waals surface area (Å²) in [7, 11) is 0. The van der Waals surface area contributed by atoms with Crippen LogP contribution in [0.2, 0.25) is 0 Å². The smallest absolute Gasteiger partial charge is 0.243 e. The molecule has 0 saturated carbocycles. The van der Waals surface area contributed by atoms with Crippen LogP contribution in [0.4, 0.5) is 11.4 Å². The van der Waals surface area contributed by atoms with Crippen LogP contribution in [0.1, 0.15) is 17.5 Å². The SMILES string of the molecule is Cc1ccc(NC(=O)CN2CCCSc3ccccc32)c(C)c1. The summed E-state index contributed by atoms with van der Waals surface area (Å²) in [5.41, 5.74) is 4.38. The van der Waals surface area contributed by atoms with Gasteiger partial charge in [0.2, 0.25) is 5.91 Å². The molecule has 0 radical (unpaired) electrons. The molecule has 2 aromatic rings. The molecule has 2 aromatic carbocycles. The summed E-state index contributed by atoms with van der Waals surface area (Å²) in [6.45, 7) is 5.40. The fourth-order valence-corrected chi connectivity index (χ4v) is 3.89. The van der Waals surface area contributed by atoms with Gasteiger partial charge in [0.15, 0.2) is 0 Å². The first-order chi connectivity index (χ1) is 11.1. The normalized spacial score (nSPS) is 14.1. The second kappa shape index (κ2) is 7.09. The summed E-state index contributed by atoms with van der Waals surface area (Å²) in [6.07, 6.45) is 1.09. The van der Waals surface area contributed by atoms with Gasteiger partial charge >= 0.3 is 0 Å². The van der Waals surface area contributed by atoms with Crippen molar-refractivity contribution in [2.45, 2.75) is 25.2 Å². The lowest BCUT2D eigenvalue weighted by Crippen LogP contribution is -2.34. The van der Waals surface area contributed by atoms with Crippen LogP contribution in [-0.4, -0.2) is 24.7 Å². The topological polar surface area (TPSA) is 32.3 Å². The third-order valence-corrected chi connectivity index (χ3v) is 5.18. The molecule has 23 heavy (non-hydrogen) atoms. The van der Waals surface area contributed by atoms with Gasteiger partial charge in [-0.15, -0.1) is 11.8 Å². The number of aryl methyl sites for hydroxylation is 2. The van der Waals surface area contributed by atoms with Crippen molar-refractivity contribution in [2.75, 3.05) is 29.1 Å². The Hall–Kier alpha value is -1.94. The highest BCUT2D eigenvalue weighted by Crippen LogP contribution is 2.33. The molecule has 0 fully saturated rings. The second-order valence-corrected chi connectivity index (χ2v) is 7.09. The van der Waals surface area contributed by atoms with Crippen LogP contribution < -0.4 is 10.2 Å². The minimum Gasteiger partial charge on any atom is -0.361 e. The van der Waals surface area contributed by atoms with Crippen LogP contribution >= 0.6 is 11.8 Å². The molecule has 4 heteroatoms.